The highest BCUT2D eigenvalue weighted by Crippen LogP contribution is 2.54. The summed E-state index contributed by atoms with van der Waals surface area (Å²) in [7, 11) is 0. The number of rotatable bonds is 4. The molecule has 3 aliphatic heterocycles. The molecule has 0 spiro atoms. The van der Waals surface area contributed by atoms with Crippen LogP contribution in [-0.2, 0) is 19.2 Å². The summed E-state index contributed by atoms with van der Waals surface area (Å²) in [6.45, 7) is 3.24. The van der Waals surface area contributed by atoms with E-state index < -0.39 is 10.9 Å². The molecule has 1 N–H and O–H groups in total. The molecule has 30 heavy (non-hydrogen) atoms. The van der Waals surface area contributed by atoms with E-state index in [0.717, 1.165) is 49.7 Å². The Bertz CT molecular complexity index is 930. The Morgan fingerprint density at radius 1 is 1.07 bits per heavy atom. The minimum atomic E-state index is -0.455. The van der Waals surface area contributed by atoms with E-state index in [1.54, 1.807) is 11.8 Å². The monoisotopic (exact) mass is 423 g/mol. The number of benzene rings is 2. The summed E-state index contributed by atoms with van der Waals surface area (Å²) < 4.78 is 5.40. The lowest BCUT2D eigenvalue weighted by atomic mass is 10.0. The molecule has 0 aliphatic carbocycles. The molecule has 3 aliphatic rings. The Kier molecular flexibility index (Phi) is 5.16. The van der Waals surface area contributed by atoms with Crippen LogP contribution in [0.2, 0.25) is 0 Å². The topological polar surface area (TPSA) is 61.9 Å². The van der Waals surface area contributed by atoms with Crippen LogP contribution in [0.4, 0.5) is 11.4 Å². The number of anilines is 2. The number of nitrogens with one attached hydrogen (secondary N) is 1. The number of amides is 2. The van der Waals surface area contributed by atoms with E-state index in [1.165, 1.54) is 0 Å². The fraction of sp³-hybridized carbons (Fsp3) is 0.391. The molecule has 2 aromatic carbocycles. The van der Waals surface area contributed by atoms with Gasteiger partial charge in [-0.15, -0.1) is 11.8 Å². The average Bonchev–Trinajstić information content (AvgIpc) is 3.35. The van der Waals surface area contributed by atoms with Crippen molar-refractivity contribution < 1.29 is 14.3 Å². The van der Waals surface area contributed by atoms with Crippen molar-refractivity contribution in [3.8, 4) is 0 Å². The van der Waals surface area contributed by atoms with E-state index in [2.05, 4.69) is 22.3 Å². The first kappa shape index (κ1) is 19.5. The van der Waals surface area contributed by atoms with Gasteiger partial charge in [-0.05, 0) is 36.2 Å². The van der Waals surface area contributed by atoms with Crippen LogP contribution in [0.3, 0.4) is 0 Å². The fourth-order valence-electron chi connectivity index (χ4n) is 4.64. The van der Waals surface area contributed by atoms with Crippen LogP contribution in [0.25, 0.3) is 0 Å². The number of hydrogen-bond acceptors (Lipinski definition) is 5. The third-order valence-corrected chi connectivity index (χ3v) is 7.76. The maximum atomic E-state index is 13.1. The molecule has 5 rings (SSSR count). The lowest BCUT2D eigenvalue weighted by Crippen LogP contribution is -2.48. The van der Waals surface area contributed by atoms with Gasteiger partial charge in [-0.25, -0.2) is 0 Å². The number of nitrogens with zero attached hydrogens (tertiary/aromatic N) is 2. The van der Waals surface area contributed by atoms with Gasteiger partial charge in [-0.3, -0.25) is 9.59 Å². The average molecular weight is 424 g/mol. The third kappa shape index (κ3) is 3.36. The maximum Gasteiger partial charge on any atom is 0.248 e. The summed E-state index contributed by atoms with van der Waals surface area (Å²) in [6.07, 6.45) is 1.23. The van der Waals surface area contributed by atoms with Crippen molar-refractivity contribution in [3.05, 3.63) is 60.2 Å². The molecule has 2 amide bonds. The molecule has 0 unspecified atom stereocenters. The fourth-order valence-corrected chi connectivity index (χ4v) is 6.29. The molecule has 3 fully saturated rings. The van der Waals surface area contributed by atoms with Crippen molar-refractivity contribution in [3.63, 3.8) is 0 Å². The van der Waals surface area contributed by atoms with Crippen LogP contribution in [0.15, 0.2) is 54.6 Å². The van der Waals surface area contributed by atoms with Crippen molar-refractivity contribution >= 4 is 35.0 Å². The number of fused-ring (bicyclic) bond motifs is 1. The van der Waals surface area contributed by atoms with Gasteiger partial charge < -0.3 is 19.9 Å². The van der Waals surface area contributed by atoms with Gasteiger partial charge in [0.05, 0.1) is 13.2 Å². The van der Waals surface area contributed by atoms with Gasteiger partial charge in [0, 0.05) is 36.6 Å². The second-order valence-electron chi connectivity index (χ2n) is 7.88. The zero-order valence-corrected chi connectivity index (χ0v) is 17.6. The molecule has 0 saturated carbocycles. The highest BCUT2D eigenvalue weighted by Gasteiger charge is 2.56. The molecule has 6 nitrogen and oxygen atoms in total. The van der Waals surface area contributed by atoms with Crippen molar-refractivity contribution in [1.82, 2.24) is 4.90 Å². The minimum absolute atomic E-state index is 0.0617. The van der Waals surface area contributed by atoms with Gasteiger partial charge >= 0.3 is 0 Å². The Labute approximate surface area is 180 Å². The molecule has 156 valence electrons. The third-order valence-electron chi connectivity index (χ3n) is 6.17. The molecule has 0 aromatic heterocycles. The highest BCUT2D eigenvalue weighted by molar-refractivity contribution is 8.00. The van der Waals surface area contributed by atoms with Gasteiger partial charge in [-0.1, -0.05) is 30.3 Å². The lowest BCUT2D eigenvalue weighted by molar-refractivity contribution is -0.136. The second-order valence-corrected chi connectivity index (χ2v) is 9.17. The smallest absolute Gasteiger partial charge is 0.248 e. The predicted octanol–water partition coefficient (Wildman–Crippen LogP) is 3.05. The predicted molar refractivity (Wildman–Crippen MR) is 119 cm³/mol. The van der Waals surface area contributed by atoms with Crippen molar-refractivity contribution in [2.24, 2.45) is 0 Å². The number of carbonyl (C=O) groups excluding carboxylic acids is 2. The Balaban J connectivity index is 1.31. The first-order chi connectivity index (χ1) is 14.7. The maximum absolute atomic E-state index is 13.1. The van der Waals surface area contributed by atoms with Crippen molar-refractivity contribution in [2.75, 3.05) is 42.3 Å². The highest BCUT2D eigenvalue weighted by atomic mass is 32.2. The van der Waals surface area contributed by atoms with E-state index in [-0.39, 0.29) is 11.8 Å². The molecule has 0 bridgehead atoms. The molecule has 7 heteroatoms. The van der Waals surface area contributed by atoms with Crippen LogP contribution in [0.5, 0.6) is 0 Å². The van der Waals surface area contributed by atoms with E-state index in [9.17, 15) is 9.59 Å². The summed E-state index contributed by atoms with van der Waals surface area (Å²) in [4.78, 5) is 29.5. The molecule has 2 atom stereocenters. The van der Waals surface area contributed by atoms with Crippen LogP contribution in [0, 0.1) is 0 Å². The van der Waals surface area contributed by atoms with E-state index >= 15 is 0 Å². The van der Waals surface area contributed by atoms with Gasteiger partial charge in [0.1, 0.15) is 10.9 Å². The van der Waals surface area contributed by atoms with Crippen LogP contribution in [-0.4, -0.2) is 54.8 Å². The Morgan fingerprint density at radius 3 is 2.53 bits per heavy atom. The van der Waals surface area contributed by atoms with Crippen LogP contribution < -0.4 is 10.2 Å². The van der Waals surface area contributed by atoms with E-state index in [4.69, 9.17) is 4.74 Å². The first-order valence-electron chi connectivity index (χ1n) is 10.4. The molecular weight excluding hydrogens is 398 g/mol. The number of hydrogen-bond donors (Lipinski definition) is 1. The quantitative estimate of drug-likeness (QED) is 0.819. The van der Waals surface area contributed by atoms with Crippen molar-refractivity contribution in [2.45, 2.75) is 23.8 Å². The zero-order valence-electron chi connectivity index (χ0n) is 16.8. The van der Waals surface area contributed by atoms with Crippen LogP contribution in [0.1, 0.15) is 18.4 Å². The van der Waals surface area contributed by atoms with Crippen molar-refractivity contribution in [1.29, 1.82) is 0 Å². The van der Waals surface area contributed by atoms with E-state index in [0.29, 0.717) is 12.2 Å². The van der Waals surface area contributed by atoms with Gasteiger partial charge in [0.15, 0.2) is 0 Å². The minimum Gasteiger partial charge on any atom is -0.378 e. The lowest BCUT2D eigenvalue weighted by Gasteiger charge is -2.34. The molecule has 0 radical (unpaired) electrons. The number of ether oxygens (including phenoxy) is 1. The summed E-state index contributed by atoms with van der Waals surface area (Å²) in [5.74, 6) is 0.555. The molecule has 3 heterocycles. The standard InChI is InChI=1S/C23H25N3O3S/c27-21-10-11-23(17-4-2-1-3-5-17)26(21)20(16-30-23)22(28)24-18-6-8-19(9-7-18)25-12-14-29-15-13-25/h1-9,20H,10-16H2,(H,24,28)/t20-,23-/m0/s1. The summed E-state index contributed by atoms with van der Waals surface area (Å²) >= 11 is 1.71. The van der Waals surface area contributed by atoms with Gasteiger partial charge in [0.25, 0.3) is 0 Å². The SMILES string of the molecule is O=C(Nc1ccc(N2CCOCC2)cc1)[C@@H]1CS[C@]2(c3ccccc3)CCC(=O)N12. The summed E-state index contributed by atoms with van der Waals surface area (Å²) in [5.41, 5.74) is 2.99. The zero-order chi connectivity index (χ0) is 20.6. The Morgan fingerprint density at radius 2 is 1.80 bits per heavy atom. The molecule has 2 aromatic rings. The summed E-state index contributed by atoms with van der Waals surface area (Å²) in [6, 6.07) is 17.5. The summed E-state index contributed by atoms with van der Waals surface area (Å²) in [5, 5.41) is 3.03. The van der Waals surface area contributed by atoms with Gasteiger partial charge in [0.2, 0.25) is 11.8 Å². The first-order valence-corrected chi connectivity index (χ1v) is 11.4. The largest absolute Gasteiger partial charge is 0.378 e. The molecule has 3 saturated heterocycles. The second kappa shape index (κ2) is 7.96. The van der Waals surface area contributed by atoms with Crippen LogP contribution >= 0.6 is 11.8 Å². The number of carbonyl (C=O) groups is 2. The number of thioether (sulfide) groups is 1. The molecular formula is C23H25N3O3S. The normalized spacial score (nSPS) is 26.0. The van der Waals surface area contributed by atoms with Gasteiger partial charge in [-0.2, -0.15) is 0 Å². The number of morpholine rings is 1. The Hall–Kier alpha value is -2.51. The van der Waals surface area contributed by atoms with E-state index in [1.807, 2.05) is 47.4 Å².